The number of hydrogen-bond acceptors (Lipinski definition) is 4. The lowest BCUT2D eigenvalue weighted by atomic mass is 10.1. The smallest absolute Gasteiger partial charge is 0.410 e. The lowest BCUT2D eigenvalue weighted by Crippen LogP contribution is -2.45. The zero-order valence-corrected chi connectivity index (χ0v) is 12.3. The molecule has 0 aromatic heterocycles. The molecule has 1 amide bonds. The highest BCUT2D eigenvalue weighted by molar-refractivity contribution is 5.68. The maximum absolute atomic E-state index is 11.9. The van der Waals surface area contributed by atoms with Crippen LogP contribution in [-0.2, 0) is 9.47 Å². The fourth-order valence-electron chi connectivity index (χ4n) is 2.59. The van der Waals surface area contributed by atoms with E-state index in [-0.39, 0.29) is 6.09 Å². The highest BCUT2D eigenvalue weighted by Gasteiger charge is 2.31. The summed E-state index contributed by atoms with van der Waals surface area (Å²) < 4.78 is 10.9. The molecule has 2 rings (SSSR count). The Morgan fingerprint density at radius 3 is 2.74 bits per heavy atom. The van der Waals surface area contributed by atoms with Gasteiger partial charge in [-0.1, -0.05) is 0 Å². The van der Waals surface area contributed by atoms with Gasteiger partial charge in [0.2, 0.25) is 0 Å². The number of hydrogen-bond donors (Lipinski definition) is 1. The van der Waals surface area contributed by atoms with Crippen molar-refractivity contribution in [1.29, 1.82) is 0 Å². The summed E-state index contributed by atoms with van der Waals surface area (Å²) in [4.78, 5) is 13.7. The van der Waals surface area contributed by atoms with Gasteiger partial charge >= 0.3 is 6.09 Å². The van der Waals surface area contributed by atoms with Gasteiger partial charge in [-0.15, -0.1) is 0 Å². The first-order valence-electron chi connectivity index (χ1n) is 7.26. The van der Waals surface area contributed by atoms with E-state index in [0.717, 1.165) is 39.1 Å². The molecule has 0 aromatic rings. The van der Waals surface area contributed by atoms with E-state index in [0.29, 0.717) is 12.1 Å². The van der Waals surface area contributed by atoms with Crippen LogP contribution in [0.25, 0.3) is 0 Å². The Balaban J connectivity index is 1.74. The molecule has 2 unspecified atom stereocenters. The van der Waals surface area contributed by atoms with E-state index in [1.54, 1.807) is 4.90 Å². The molecule has 110 valence electrons. The van der Waals surface area contributed by atoms with Gasteiger partial charge in [-0.3, -0.25) is 0 Å². The van der Waals surface area contributed by atoms with Crippen LogP contribution in [0.3, 0.4) is 0 Å². The van der Waals surface area contributed by atoms with Crippen LogP contribution in [0.15, 0.2) is 0 Å². The molecular formula is C14H26N2O3. The van der Waals surface area contributed by atoms with Gasteiger partial charge in [0.15, 0.2) is 0 Å². The molecule has 0 saturated carbocycles. The number of ether oxygens (including phenoxy) is 2. The lowest BCUT2D eigenvalue weighted by Gasteiger charge is -2.27. The number of rotatable bonds is 2. The summed E-state index contributed by atoms with van der Waals surface area (Å²) in [5.41, 5.74) is -0.417. The van der Waals surface area contributed by atoms with Crippen LogP contribution in [0.4, 0.5) is 4.79 Å². The summed E-state index contributed by atoms with van der Waals surface area (Å²) in [6.45, 7) is 8.89. The van der Waals surface area contributed by atoms with Gasteiger partial charge in [0.25, 0.3) is 0 Å². The third-order valence-electron chi connectivity index (χ3n) is 3.47. The first-order chi connectivity index (χ1) is 8.94. The normalized spacial score (nSPS) is 28.5. The highest BCUT2D eigenvalue weighted by Crippen LogP contribution is 2.17. The monoisotopic (exact) mass is 270 g/mol. The maximum Gasteiger partial charge on any atom is 0.410 e. The lowest BCUT2D eigenvalue weighted by molar-refractivity contribution is 0.0286. The Morgan fingerprint density at radius 1 is 1.32 bits per heavy atom. The molecule has 5 nitrogen and oxygen atoms in total. The van der Waals surface area contributed by atoms with E-state index >= 15 is 0 Å². The van der Waals surface area contributed by atoms with E-state index < -0.39 is 5.60 Å². The van der Waals surface area contributed by atoms with Crippen molar-refractivity contribution < 1.29 is 14.3 Å². The molecular weight excluding hydrogens is 244 g/mol. The summed E-state index contributed by atoms with van der Waals surface area (Å²) in [7, 11) is 0. The Bertz CT molecular complexity index is 308. The van der Waals surface area contributed by atoms with Gasteiger partial charge in [0.1, 0.15) is 5.60 Å². The Labute approximate surface area is 115 Å². The molecule has 0 aromatic carbocycles. The van der Waals surface area contributed by atoms with Crippen molar-refractivity contribution in [2.75, 3.05) is 26.3 Å². The Morgan fingerprint density at radius 2 is 2.11 bits per heavy atom. The second-order valence-electron chi connectivity index (χ2n) is 6.49. The van der Waals surface area contributed by atoms with Crippen molar-refractivity contribution in [2.24, 2.45) is 0 Å². The number of carbonyl (C=O) groups is 1. The summed E-state index contributed by atoms with van der Waals surface area (Å²) in [5, 5.41) is 3.59. The molecule has 2 heterocycles. The summed E-state index contributed by atoms with van der Waals surface area (Å²) in [6.07, 6.45) is 3.09. The minimum Gasteiger partial charge on any atom is -0.444 e. The molecule has 19 heavy (non-hydrogen) atoms. The number of likely N-dealkylation sites (tertiary alicyclic amines) is 1. The largest absolute Gasteiger partial charge is 0.444 e. The van der Waals surface area contributed by atoms with Gasteiger partial charge in [-0.2, -0.15) is 0 Å². The second kappa shape index (κ2) is 6.09. The van der Waals surface area contributed by atoms with E-state index in [2.05, 4.69) is 5.32 Å². The fraction of sp³-hybridized carbons (Fsp3) is 0.929. The number of carbonyl (C=O) groups excluding carboxylic acids is 1. The molecule has 2 atom stereocenters. The first kappa shape index (κ1) is 14.6. The van der Waals surface area contributed by atoms with Crippen molar-refractivity contribution >= 4 is 6.09 Å². The minimum atomic E-state index is -0.417. The van der Waals surface area contributed by atoms with Gasteiger partial charge < -0.3 is 19.7 Å². The molecule has 0 radical (unpaired) electrons. The van der Waals surface area contributed by atoms with Crippen molar-refractivity contribution in [2.45, 2.75) is 57.7 Å². The minimum absolute atomic E-state index is 0.198. The van der Waals surface area contributed by atoms with Gasteiger partial charge in [0, 0.05) is 31.8 Å². The van der Waals surface area contributed by atoms with Crippen molar-refractivity contribution in [3.8, 4) is 0 Å². The SMILES string of the molecule is CC(C)(C)OC(=O)N1CCC(NC2CCCOC2)C1. The molecule has 2 fully saturated rings. The Kier molecular flexibility index (Phi) is 4.68. The van der Waals surface area contributed by atoms with Gasteiger partial charge in [-0.25, -0.2) is 4.79 Å². The summed E-state index contributed by atoms with van der Waals surface area (Å²) >= 11 is 0. The molecule has 0 aliphatic carbocycles. The topological polar surface area (TPSA) is 50.8 Å². The van der Waals surface area contributed by atoms with E-state index in [1.165, 1.54) is 6.42 Å². The van der Waals surface area contributed by atoms with Crippen molar-refractivity contribution in [3.63, 3.8) is 0 Å². The van der Waals surface area contributed by atoms with Crippen LogP contribution in [0.5, 0.6) is 0 Å². The highest BCUT2D eigenvalue weighted by atomic mass is 16.6. The molecule has 2 saturated heterocycles. The third kappa shape index (κ3) is 4.66. The number of nitrogens with zero attached hydrogens (tertiary/aromatic N) is 1. The first-order valence-corrected chi connectivity index (χ1v) is 7.26. The van der Waals surface area contributed by atoms with Crippen LogP contribution in [0.1, 0.15) is 40.0 Å². The fourth-order valence-corrected chi connectivity index (χ4v) is 2.59. The average Bonchev–Trinajstić information content (AvgIpc) is 2.77. The number of amides is 1. The Hall–Kier alpha value is -0.810. The second-order valence-corrected chi connectivity index (χ2v) is 6.49. The molecule has 5 heteroatoms. The molecule has 1 N–H and O–H groups in total. The van der Waals surface area contributed by atoms with Crippen molar-refractivity contribution in [1.82, 2.24) is 10.2 Å². The van der Waals surface area contributed by atoms with Gasteiger partial charge in [-0.05, 0) is 40.0 Å². The van der Waals surface area contributed by atoms with E-state index in [4.69, 9.17) is 9.47 Å². The third-order valence-corrected chi connectivity index (χ3v) is 3.47. The van der Waals surface area contributed by atoms with E-state index in [1.807, 2.05) is 20.8 Å². The molecule has 2 aliphatic heterocycles. The van der Waals surface area contributed by atoms with Crippen LogP contribution >= 0.6 is 0 Å². The average molecular weight is 270 g/mol. The molecule has 2 aliphatic rings. The number of nitrogens with one attached hydrogen (secondary N) is 1. The summed E-state index contributed by atoms with van der Waals surface area (Å²) in [5.74, 6) is 0. The van der Waals surface area contributed by atoms with Gasteiger partial charge in [0.05, 0.1) is 6.61 Å². The predicted octanol–water partition coefficient (Wildman–Crippen LogP) is 1.76. The predicted molar refractivity (Wildman–Crippen MR) is 73.2 cm³/mol. The zero-order valence-electron chi connectivity index (χ0n) is 12.3. The molecule has 0 bridgehead atoms. The molecule has 0 spiro atoms. The summed E-state index contributed by atoms with van der Waals surface area (Å²) in [6, 6.07) is 0.816. The van der Waals surface area contributed by atoms with E-state index in [9.17, 15) is 4.79 Å². The van der Waals surface area contributed by atoms with Crippen LogP contribution in [0.2, 0.25) is 0 Å². The zero-order chi connectivity index (χ0) is 13.9. The van der Waals surface area contributed by atoms with Crippen molar-refractivity contribution in [3.05, 3.63) is 0 Å². The van der Waals surface area contributed by atoms with Crippen LogP contribution in [-0.4, -0.2) is 55.0 Å². The standard InChI is InChI=1S/C14H26N2O3/c1-14(2,3)19-13(17)16-7-6-11(9-16)15-12-5-4-8-18-10-12/h11-12,15H,4-10H2,1-3H3. The van der Waals surface area contributed by atoms with Crippen LogP contribution in [0, 0.1) is 0 Å². The van der Waals surface area contributed by atoms with Crippen LogP contribution < -0.4 is 5.32 Å². The quantitative estimate of drug-likeness (QED) is 0.831. The maximum atomic E-state index is 11.9.